The Hall–Kier alpha value is -2.62. The maximum Gasteiger partial charge on any atom is 0.200 e. The fraction of sp³-hybridized carbons (Fsp3) is 0.176. The quantitative estimate of drug-likeness (QED) is 0.785. The molecule has 0 bridgehead atoms. The molecule has 4 rings (SSSR count). The molecule has 3 aliphatic rings. The summed E-state index contributed by atoms with van der Waals surface area (Å²) in [7, 11) is 1.84. The highest BCUT2D eigenvalue weighted by Gasteiger charge is 2.44. The van der Waals surface area contributed by atoms with Crippen LogP contribution in [0.3, 0.4) is 0 Å². The van der Waals surface area contributed by atoms with Gasteiger partial charge in [0.05, 0.1) is 5.57 Å². The van der Waals surface area contributed by atoms with Crippen molar-refractivity contribution in [2.45, 2.75) is 6.04 Å². The number of hydrogen-bond donors (Lipinski definition) is 0. The van der Waals surface area contributed by atoms with E-state index in [1.165, 1.54) is 0 Å². The Morgan fingerprint density at radius 1 is 1.14 bits per heavy atom. The van der Waals surface area contributed by atoms with E-state index in [1.54, 1.807) is 6.08 Å². The Morgan fingerprint density at radius 3 is 2.67 bits per heavy atom. The molecule has 0 amide bonds. The maximum absolute atomic E-state index is 12.4. The standard InChI is InChI=1S/C17H13NO3/c1-18-8-12-11(10-5-3-2-4-6-10)7-13(19)15(12)17-16(18)14(20)9-21-17/h2-8,16H,9H2,1H3. The van der Waals surface area contributed by atoms with E-state index in [2.05, 4.69) is 0 Å². The van der Waals surface area contributed by atoms with E-state index in [1.807, 2.05) is 48.5 Å². The predicted molar refractivity (Wildman–Crippen MR) is 77.0 cm³/mol. The largest absolute Gasteiger partial charge is 0.487 e. The predicted octanol–water partition coefficient (Wildman–Crippen LogP) is 1.70. The molecule has 1 aliphatic carbocycles. The van der Waals surface area contributed by atoms with Crippen molar-refractivity contribution >= 4 is 17.1 Å². The zero-order valence-electron chi connectivity index (χ0n) is 11.5. The van der Waals surface area contributed by atoms with Crippen LogP contribution in [-0.4, -0.2) is 36.2 Å². The molecule has 1 atom stereocenters. The highest BCUT2D eigenvalue weighted by Crippen LogP contribution is 2.42. The van der Waals surface area contributed by atoms with Gasteiger partial charge in [-0.05, 0) is 17.2 Å². The number of hydrogen-bond acceptors (Lipinski definition) is 4. The highest BCUT2D eigenvalue weighted by atomic mass is 16.5. The molecule has 1 aromatic carbocycles. The maximum atomic E-state index is 12.4. The van der Waals surface area contributed by atoms with Crippen LogP contribution in [0.25, 0.3) is 5.57 Å². The zero-order valence-corrected chi connectivity index (χ0v) is 11.5. The van der Waals surface area contributed by atoms with Crippen LogP contribution in [0.4, 0.5) is 0 Å². The van der Waals surface area contributed by atoms with Crippen LogP contribution >= 0.6 is 0 Å². The van der Waals surface area contributed by atoms with Gasteiger partial charge in [0.1, 0.15) is 18.4 Å². The number of Topliss-reactive ketones (excluding diaryl/α,β-unsaturated/α-hetero) is 1. The number of fused-ring (bicyclic) bond motifs is 2. The zero-order chi connectivity index (χ0) is 14.6. The second-order valence-electron chi connectivity index (χ2n) is 5.39. The van der Waals surface area contributed by atoms with Crippen LogP contribution in [0.1, 0.15) is 5.56 Å². The SMILES string of the molecule is CN1C=C2C(c3ccccc3)=CC(=O)C2=C2OCC(=O)C21. The van der Waals surface area contributed by atoms with Gasteiger partial charge in [-0.3, -0.25) is 9.59 Å². The average molecular weight is 279 g/mol. The minimum atomic E-state index is -0.448. The van der Waals surface area contributed by atoms with Crippen molar-refractivity contribution in [1.82, 2.24) is 4.90 Å². The Balaban J connectivity index is 1.87. The fourth-order valence-electron chi connectivity index (χ4n) is 3.15. The lowest BCUT2D eigenvalue weighted by molar-refractivity contribution is -0.120. The van der Waals surface area contributed by atoms with E-state index in [0.717, 1.165) is 16.7 Å². The molecule has 2 aliphatic heterocycles. The molecule has 4 heteroatoms. The molecular formula is C17H13NO3. The lowest BCUT2D eigenvalue weighted by Gasteiger charge is -2.27. The van der Waals surface area contributed by atoms with Crippen LogP contribution in [0.2, 0.25) is 0 Å². The molecule has 21 heavy (non-hydrogen) atoms. The molecule has 0 saturated carbocycles. The molecule has 0 N–H and O–H groups in total. The van der Waals surface area contributed by atoms with Gasteiger partial charge in [0.15, 0.2) is 11.6 Å². The van der Waals surface area contributed by atoms with E-state index in [-0.39, 0.29) is 18.2 Å². The first-order chi connectivity index (χ1) is 10.2. The van der Waals surface area contributed by atoms with Gasteiger partial charge < -0.3 is 9.64 Å². The molecule has 0 radical (unpaired) electrons. The average Bonchev–Trinajstić information content (AvgIpc) is 3.02. The van der Waals surface area contributed by atoms with Crippen molar-refractivity contribution in [3.8, 4) is 0 Å². The molecule has 2 heterocycles. The second-order valence-corrected chi connectivity index (χ2v) is 5.39. The van der Waals surface area contributed by atoms with Crippen LogP contribution in [0.5, 0.6) is 0 Å². The Kier molecular flexibility index (Phi) is 2.42. The smallest absolute Gasteiger partial charge is 0.200 e. The summed E-state index contributed by atoms with van der Waals surface area (Å²) in [4.78, 5) is 26.1. The number of rotatable bonds is 1. The first-order valence-corrected chi connectivity index (χ1v) is 6.82. The van der Waals surface area contributed by atoms with Crippen molar-refractivity contribution in [2.24, 2.45) is 0 Å². The van der Waals surface area contributed by atoms with E-state index in [4.69, 9.17) is 4.74 Å². The molecule has 1 aromatic rings. The van der Waals surface area contributed by atoms with Gasteiger partial charge in [-0.25, -0.2) is 0 Å². The molecule has 0 aromatic heterocycles. The minimum Gasteiger partial charge on any atom is -0.487 e. The fourth-order valence-corrected chi connectivity index (χ4v) is 3.15. The molecule has 1 fully saturated rings. The minimum absolute atomic E-state index is 0.00346. The molecule has 0 spiro atoms. The molecule has 104 valence electrons. The first kappa shape index (κ1) is 12.1. The Bertz CT molecular complexity index is 755. The van der Waals surface area contributed by atoms with Crippen molar-refractivity contribution in [2.75, 3.05) is 13.7 Å². The summed E-state index contributed by atoms with van der Waals surface area (Å²) < 4.78 is 5.50. The van der Waals surface area contributed by atoms with Gasteiger partial charge >= 0.3 is 0 Å². The Labute approximate surface area is 122 Å². The van der Waals surface area contributed by atoms with Crippen molar-refractivity contribution in [1.29, 1.82) is 0 Å². The van der Waals surface area contributed by atoms with Crippen molar-refractivity contribution in [3.05, 3.63) is 65.1 Å². The van der Waals surface area contributed by atoms with Gasteiger partial charge in [-0.15, -0.1) is 0 Å². The summed E-state index contributed by atoms with van der Waals surface area (Å²) >= 11 is 0. The number of allylic oxidation sites excluding steroid dienone is 4. The highest BCUT2D eigenvalue weighted by molar-refractivity contribution is 6.22. The van der Waals surface area contributed by atoms with Gasteiger partial charge in [-0.1, -0.05) is 30.3 Å². The molecule has 4 nitrogen and oxygen atoms in total. The first-order valence-electron chi connectivity index (χ1n) is 6.82. The summed E-state index contributed by atoms with van der Waals surface area (Å²) in [5.41, 5.74) is 3.26. The second kappa shape index (κ2) is 4.19. The molecule has 1 saturated heterocycles. The van der Waals surface area contributed by atoms with Gasteiger partial charge in [0.2, 0.25) is 0 Å². The van der Waals surface area contributed by atoms with Gasteiger partial charge in [-0.2, -0.15) is 0 Å². The Morgan fingerprint density at radius 2 is 1.90 bits per heavy atom. The number of ether oxygens (including phenoxy) is 1. The third-order valence-corrected chi connectivity index (χ3v) is 4.08. The van der Waals surface area contributed by atoms with Crippen LogP contribution in [0.15, 0.2) is 59.5 Å². The summed E-state index contributed by atoms with van der Waals surface area (Å²) in [6.45, 7) is 0.0446. The lowest BCUT2D eigenvalue weighted by atomic mass is 9.93. The number of carbonyl (C=O) groups is 2. The van der Waals surface area contributed by atoms with Crippen LogP contribution < -0.4 is 0 Å². The van der Waals surface area contributed by atoms with Crippen molar-refractivity contribution < 1.29 is 14.3 Å². The monoisotopic (exact) mass is 279 g/mol. The third kappa shape index (κ3) is 1.62. The van der Waals surface area contributed by atoms with Crippen molar-refractivity contribution in [3.63, 3.8) is 0 Å². The molecular weight excluding hydrogens is 266 g/mol. The van der Waals surface area contributed by atoms with Crippen LogP contribution in [-0.2, 0) is 14.3 Å². The van der Waals surface area contributed by atoms with E-state index >= 15 is 0 Å². The third-order valence-electron chi connectivity index (χ3n) is 4.08. The van der Waals surface area contributed by atoms with Gasteiger partial charge in [0.25, 0.3) is 0 Å². The number of ketones is 2. The normalized spacial score (nSPS) is 23.7. The summed E-state index contributed by atoms with van der Waals surface area (Å²) in [5, 5.41) is 0. The number of benzene rings is 1. The summed E-state index contributed by atoms with van der Waals surface area (Å²) in [6.07, 6.45) is 3.51. The number of likely N-dealkylation sites (N-methyl/N-ethyl adjacent to an activating group) is 1. The number of carbonyl (C=O) groups excluding carboxylic acids is 2. The molecule has 1 unspecified atom stereocenters. The van der Waals surface area contributed by atoms with Crippen LogP contribution in [0, 0.1) is 0 Å². The van der Waals surface area contributed by atoms with E-state index in [0.29, 0.717) is 11.3 Å². The topological polar surface area (TPSA) is 46.6 Å². The van der Waals surface area contributed by atoms with Gasteiger partial charge in [0, 0.05) is 18.8 Å². The summed E-state index contributed by atoms with van der Waals surface area (Å²) in [5.74, 6) is 0.423. The lowest BCUT2D eigenvalue weighted by Crippen LogP contribution is -2.36. The summed E-state index contributed by atoms with van der Waals surface area (Å²) in [6, 6.07) is 9.32. The van der Waals surface area contributed by atoms with E-state index < -0.39 is 6.04 Å². The number of nitrogens with zero attached hydrogens (tertiary/aromatic N) is 1. The van der Waals surface area contributed by atoms with E-state index in [9.17, 15) is 9.59 Å².